The second-order valence-corrected chi connectivity index (χ2v) is 5.48. The van der Waals surface area contributed by atoms with Crippen molar-refractivity contribution in [2.24, 2.45) is 0 Å². The number of ketones is 1. The summed E-state index contributed by atoms with van der Waals surface area (Å²) in [6.07, 6.45) is -1.28. The van der Waals surface area contributed by atoms with Crippen LogP contribution in [0.3, 0.4) is 0 Å². The molecule has 6 N–H and O–H groups in total. The van der Waals surface area contributed by atoms with Gasteiger partial charge in [0.05, 0.1) is 0 Å². The van der Waals surface area contributed by atoms with Crippen molar-refractivity contribution in [1.29, 1.82) is 0 Å². The number of phenols is 2. The molecule has 0 aliphatic heterocycles. The van der Waals surface area contributed by atoms with E-state index in [2.05, 4.69) is 0 Å². The molecule has 0 aromatic heterocycles. The number of aliphatic carboxylic acids is 1. The smallest absolute Gasteiger partial charge is 0.331 e. The summed E-state index contributed by atoms with van der Waals surface area (Å²) in [5, 5.41) is 57.4. The summed E-state index contributed by atoms with van der Waals surface area (Å²) in [5.41, 5.74) is -2.56. The Bertz CT molecular complexity index is 736. The van der Waals surface area contributed by atoms with Gasteiger partial charge in [-0.3, -0.25) is 4.79 Å². The number of carbonyl (C=O) groups excluding carboxylic acids is 1. The number of aromatic hydroxyl groups is 2. The van der Waals surface area contributed by atoms with Crippen molar-refractivity contribution >= 4 is 17.8 Å². The van der Waals surface area contributed by atoms with Gasteiger partial charge in [-0.15, -0.1) is 0 Å². The summed E-state index contributed by atoms with van der Waals surface area (Å²) in [6, 6.07) is 3.74. The molecule has 0 radical (unpaired) electrons. The van der Waals surface area contributed by atoms with Crippen molar-refractivity contribution in [3.63, 3.8) is 0 Å². The standard InChI is InChI=1S/C16H16O8/c17-10-3-1-8(5-11(10)18)2-4-13(20)16(24)7-9(15(22)23)6-12(19)14(16)21/h1-6,12,14,17-19,21,24H,7H2,(H,22,23). The van der Waals surface area contributed by atoms with E-state index in [9.17, 15) is 35.1 Å². The molecule has 0 fully saturated rings. The van der Waals surface area contributed by atoms with Gasteiger partial charge in [0.15, 0.2) is 22.9 Å². The quantitative estimate of drug-likeness (QED) is 0.319. The number of benzene rings is 1. The number of hydrogen-bond donors (Lipinski definition) is 6. The SMILES string of the molecule is O=C(O)C1=CC(O)C(O)C(O)(C(=O)C=Cc2ccc(O)c(O)c2)C1. The Kier molecular flexibility index (Phi) is 4.74. The zero-order valence-electron chi connectivity index (χ0n) is 12.3. The first kappa shape index (κ1) is 17.7. The van der Waals surface area contributed by atoms with E-state index in [0.29, 0.717) is 5.56 Å². The zero-order valence-corrected chi connectivity index (χ0v) is 12.3. The van der Waals surface area contributed by atoms with Crippen LogP contribution in [0.2, 0.25) is 0 Å². The van der Waals surface area contributed by atoms with Gasteiger partial charge in [-0.25, -0.2) is 4.79 Å². The van der Waals surface area contributed by atoms with E-state index >= 15 is 0 Å². The summed E-state index contributed by atoms with van der Waals surface area (Å²) < 4.78 is 0. The van der Waals surface area contributed by atoms with E-state index in [1.807, 2.05) is 0 Å². The molecule has 3 unspecified atom stereocenters. The highest BCUT2D eigenvalue weighted by Gasteiger charge is 2.49. The van der Waals surface area contributed by atoms with Gasteiger partial charge in [0.2, 0.25) is 0 Å². The minimum Gasteiger partial charge on any atom is -0.504 e. The highest BCUT2D eigenvalue weighted by Crippen LogP contribution is 2.31. The number of phenolic OH excluding ortho intramolecular Hbond substituents is 2. The molecule has 3 atom stereocenters. The summed E-state index contributed by atoms with van der Waals surface area (Å²) >= 11 is 0. The second-order valence-electron chi connectivity index (χ2n) is 5.48. The highest BCUT2D eigenvalue weighted by molar-refractivity contribution is 6.02. The van der Waals surface area contributed by atoms with Gasteiger partial charge in [0, 0.05) is 12.0 Å². The van der Waals surface area contributed by atoms with Crippen LogP contribution in [0.4, 0.5) is 0 Å². The summed E-state index contributed by atoms with van der Waals surface area (Å²) in [7, 11) is 0. The molecule has 1 aromatic rings. The van der Waals surface area contributed by atoms with Crippen LogP contribution in [0, 0.1) is 0 Å². The summed E-state index contributed by atoms with van der Waals surface area (Å²) in [5.74, 6) is -3.18. The number of rotatable bonds is 4. The first-order valence-corrected chi connectivity index (χ1v) is 6.92. The Labute approximate surface area is 136 Å². The predicted octanol–water partition coefficient (Wildman–Crippen LogP) is -0.452. The lowest BCUT2D eigenvalue weighted by molar-refractivity contribution is -0.157. The van der Waals surface area contributed by atoms with Gasteiger partial charge in [0.25, 0.3) is 0 Å². The second kappa shape index (κ2) is 6.44. The third kappa shape index (κ3) is 3.30. The van der Waals surface area contributed by atoms with Gasteiger partial charge < -0.3 is 30.6 Å². The van der Waals surface area contributed by atoms with E-state index in [1.54, 1.807) is 0 Å². The van der Waals surface area contributed by atoms with Crippen LogP contribution >= 0.6 is 0 Å². The minimum absolute atomic E-state index is 0.321. The fraction of sp³-hybridized carbons (Fsp3) is 0.250. The highest BCUT2D eigenvalue weighted by atomic mass is 16.4. The average Bonchev–Trinajstić information content (AvgIpc) is 2.52. The molecule has 24 heavy (non-hydrogen) atoms. The first-order chi connectivity index (χ1) is 11.1. The normalized spacial score (nSPS) is 27.0. The molecule has 0 saturated carbocycles. The van der Waals surface area contributed by atoms with Crippen molar-refractivity contribution in [2.75, 3.05) is 0 Å². The zero-order chi connectivity index (χ0) is 18.1. The molecular weight excluding hydrogens is 320 g/mol. The molecule has 128 valence electrons. The summed E-state index contributed by atoms with van der Waals surface area (Å²) in [6.45, 7) is 0. The lowest BCUT2D eigenvalue weighted by atomic mass is 9.77. The van der Waals surface area contributed by atoms with E-state index in [0.717, 1.165) is 18.2 Å². The molecule has 0 spiro atoms. The van der Waals surface area contributed by atoms with Gasteiger partial charge in [-0.1, -0.05) is 12.1 Å². The van der Waals surface area contributed by atoms with E-state index < -0.39 is 41.7 Å². The van der Waals surface area contributed by atoms with Gasteiger partial charge >= 0.3 is 5.97 Å². The van der Waals surface area contributed by atoms with Crippen molar-refractivity contribution < 1.29 is 40.2 Å². The Hall–Kier alpha value is -2.68. The number of hydrogen-bond acceptors (Lipinski definition) is 7. The molecule has 1 aliphatic carbocycles. The molecule has 1 aliphatic rings. The van der Waals surface area contributed by atoms with Gasteiger partial charge in [-0.2, -0.15) is 0 Å². The third-order valence-corrected chi connectivity index (χ3v) is 3.77. The molecular formula is C16H16O8. The molecule has 2 rings (SSSR count). The van der Waals surface area contributed by atoms with Crippen LogP contribution in [0.25, 0.3) is 6.08 Å². The summed E-state index contributed by atoms with van der Waals surface area (Å²) in [4.78, 5) is 23.2. The van der Waals surface area contributed by atoms with Crippen LogP contribution in [-0.4, -0.2) is 60.2 Å². The van der Waals surface area contributed by atoms with Gasteiger partial charge in [0.1, 0.15) is 12.2 Å². The number of carboxylic acid groups (broad SMARTS) is 1. The number of carboxylic acids is 1. The molecule has 0 amide bonds. The maximum atomic E-state index is 12.2. The Balaban J connectivity index is 2.26. The van der Waals surface area contributed by atoms with Gasteiger partial charge in [-0.05, 0) is 29.8 Å². The molecule has 0 saturated heterocycles. The van der Waals surface area contributed by atoms with Crippen molar-refractivity contribution in [3.05, 3.63) is 41.5 Å². The fourth-order valence-electron chi connectivity index (χ4n) is 2.37. The number of carbonyl (C=O) groups is 2. The van der Waals surface area contributed by atoms with Crippen molar-refractivity contribution in [2.45, 2.75) is 24.2 Å². The minimum atomic E-state index is -2.49. The maximum absolute atomic E-state index is 12.2. The van der Waals surface area contributed by atoms with Crippen molar-refractivity contribution in [3.8, 4) is 11.5 Å². The monoisotopic (exact) mass is 336 g/mol. The van der Waals surface area contributed by atoms with Crippen molar-refractivity contribution in [1.82, 2.24) is 0 Å². The van der Waals surface area contributed by atoms with E-state index in [-0.39, 0.29) is 11.3 Å². The van der Waals surface area contributed by atoms with E-state index in [1.165, 1.54) is 18.2 Å². The molecule has 0 heterocycles. The Morgan fingerprint density at radius 3 is 2.42 bits per heavy atom. The molecule has 1 aromatic carbocycles. The lowest BCUT2D eigenvalue weighted by Gasteiger charge is -2.36. The van der Waals surface area contributed by atoms with Crippen LogP contribution in [0.15, 0.2) is 35.9 Å². The van der Waals surface area contributed by atoms with Crippen LogP contribution in [-0.2, 0) is 9.59 Å². The fourth-order valence-corrected chi connectivity index (χ4v) is 2.37. The van der Waals surface area contributed by atoms with Crippen LogP contribution in [0.5, 0.6) is 11.5 Å². The third-order valence-electron chi connectivity index (χ3n) is 3.77. The van der Waals surface area contributed by atoms with Crippen LogP contribution in [0.1, 0.15) is 12.0 Å². The van der Waals surface area contributed by atoms with E-state index in [4.69, 9.17) is 5.11 Å². The number of aliphatic hydroxyl groups excluding tert-OH is 2. The maximum Gasteiger partial charge on any atom is 0.331 e. The molecule has 8 nitrogen and oxygen atoms in total. The average molecular weight is 336 g/mol. The first-order valence-electron chi connectivity index (χ1n) is 6.92. The molecule has 8 heteroatoms. The Morgan fingerprint density at radius 2 is 1.83 bits per heavy atom. The molecule has 0 bridgehead atoms. The number of aliphatic hydroxyl groups is 3. The topological polar surface area (TPSA) is 156 Å². The lowest BCUT2D eigenvalue weighted by Crippen LogP contribution is -2.56. The Morgan fingerprint density at radius 1 is 1.17 bits per heavy atom. The predicted molar refractivity (Wildman–Crippen MR) is 81.1 cm³/mol. The largest absolute Gasteiger partial charge is 0.504 e. The van der Waals surface area contributed by atoms with Crippen LogP contribution < -0.4 is 0 Å².